The molecule has 0 aliphatic rings. The molecule has 0 fully saturated rings. The Morgan fingerprint density at radius 1 is 1.19 bits per heavy atom. The lowest BCUT2D eigenvalue weighted by Gasteiger charge is -2.12. The Hall–Kier alpha value is -3.51. The van der Waals surface area contributed by atoms with Crippen LogP contribution in [0.2, 0.25) is 0 Å². The third-order valence-electron chi connectivity index (χ3n) is 5.47. The summed E-state index contributed by atoms with van der Waals surface area (Å²) in [6.07, 6.45) is 3.51. The van der Waals surface area contributed by atoms with E-state index in [-0.39, 0.29) is 5.75 Å². The van der Waals surface area contributed by atoms with Gasteiger partial charge in [0.2, 0.25) is 0 Å². The van der Waals surface area contributed by atoms with Crippen LogP contribution in [0.4, 0.5) is 11.4 Å². The molecule has 158 valence electrons. The van der Waals surface area contributed by atoms with Crippen molar-refractivity contribution in [1.29, 1.82) is 5.26 Å². The van der Waals surface area contributed by atoms with E-state index in [1.165, 1.54) is 11.3 Å². The number of pyridine rings is 1. The Morgan fingerprint density at radius 2 is 2.00 bits per heavy atom. The molecule has 0 spiro atoms. The van der Waals surface area contributed by atoms with E-state index >= 15 is 0 Å². The number of hydrogen-bond donors (Lipinski definition) is 2. The van der Waals surface area contributed by atoms with Crippen LogP contribution in [0.15, 0.2) is 60.9 Å². The molecule has 2 N–H and O–H groups in total. The number of nitrogens with zero attached hydrogens (tertiary/aromatic N) is 2. The van der Waals surface area contributed by atoms with Gasteiger partial charge in [0.25, 0.3) is 0 Å². The molecule has 8 heteroatoms. The number of nitriles is 1. The van der Waals surface area contributed by atoms with Gasteiger partial charge in [0.15, 0.2) is 0 Å². The van der Waals surface area contributed by atoms with Gasteiger partial charge in [-0.25, -0.2) is 4.98 Å². The van der Waals surface area contributed by atoms with Crippen molar-refractivity contribution in [3.63, 3.8) is 0 Å². The molecule has 6 nitrogen and oxygen atoms in total. The Morgan fingerprint density at radius 3 is 2.75 bits per heavy atom. The van der Waals surface area contributed by atoms with Gasteiger partial charge in [0, 0.05) is 45.0 Å². The van der Waals surface area contributed by atoms with E-state index in [0.717, 1.165) is 54.1 Å². The van der Waals surface area contributed by atoms with E-state index < -0.39 is 11.1 Å². The Kier molecular flexibility index (Phi) is 5.23. The first kappa shape index (κ1) is 20.4. The van der Waals surface area contributed by atoms with Gasteiger partial charge in [-0.1, -0.05) is 35.3 Å². The smallest absolute Gasteiger partial charge is 0.126 e. The summed E-state index contributed by atoms with van der Waals surface area (Å²) < 4.78 is 21.9. The van der Waals surface area contributed by atoms with Gasteiger partial charge >= 0.3 is 0 Å². The topological polar surface area (TPSA) is 105 Å². The lowest BCUT2D eigenvalue weighted by atomic mass is 10.1. The molecule has 5 aromatic rings. The fourth-order valence-electron chi connectivity index (χ4n) is 3.81. The lowest BCUT2D eigenvalue weighted by molar-refractivity contribution is 0.536. The van der Waals surface area contributed by atoms with Crippen molar-refractivity contribution in [3.8, 4) is 16.5 Å². The number of fused-ring (bicyclic) bond motifs is 2. The molecule has 5 rings (SSSR count). The highest BCUT2D eigenvalue weighted by Gasteiger charge is 2.15. The second kappa shape index (κ2) is 8.20. The number of nitrogens with one attached hydrogen (secondary N) is 2. The molecule has 0 radical (unpaired) electrons. The number of hydrogen-bond acceptors (Lipinski definition) is 6. The molecule has 3 heterocycles. The minimum atomic E-state index is -2.11. The predicted molar refractivity (Wildman–Crippen MR) is 129 cm³/mol. The van der Waals surface area contributed by atoms with Gasteiger partial charge in [-0.2, -0.15) is 5.26 Å². The van der Waals surface area contributed by atoms with E-state index in [0.29, 0.717) is 5.56 Å². The summed E-state index contributed by atoms with van der Waals surface area (Å²) in [5.74, 6) is -0.00130. The Labute approximate surface area is 190 Å². The SMILES string of the molecule is Cc1c(Nc2c(C#N)cnc3sc(-c4ccc(CS(=O)[O-])cc4)cc23)ccc2[nH]ccc12. The number of rotatable bonds is 5. The van der Waals surface area contributed by atoms with Crippen LogP contribution < -0.4 is 5.32 Å². The summed E-state index contributed by atoms with van der Waals surface area (Å²) in [5.41, 5.74) is 6.02. The van der Waals surface area contributed by atoms with Crippen molar-refractivity contribution in [2.45, 2.75) is 12.7 Å². The normalized spacial score (nSPS) is 12.2. The van der Waals surface area contributed by atoms with Crippen molar-refractivity contribution < 1.29 is 8.76 Å². The molecule has 2 aromatic carbocycles. The monoisotopic (exact) mass is 457 g/mol. The van der Waals surface area contributed by atoms with Crippen molar-refractivity contribution in [2.24, 2.45) is 0 Å². The summed E-state index contributed by atoms with van der Waals surface area (Å²) in [7, 11) is 0. The maximum absolute atomic E-state index is 10.9. The largest absolute Gasteiger partial charge is 0.772 e. The number of thiophene rings is 1. The minimum absolute atomic E-state index is 0.00130. The van der Waals surface area contributed by atoms with Crippen LogP contribution in [0.1, 0.15) is 16.7 Å². The summed E-state index contributed by atoms with van der Waals surface area (Å²) >= 11 is -0.578. The van der Waals surface area contributed by atoms with Gasteiger partial charge in [-0.05, 0) is 47.9 Å². The second-order valence-corrected chi connectivity index (χ2v) is 9.36. The zero-order valence-corrected chi connectivity index (χ0v) is 18.6. The second-order valence-electron chi connectivity index (χ2n) is 7.44. The molecule has 0 aliphatic carbocycles. The van der Waals surface area contributed by atoms with E-state index in [1.54, 1.807) is 6.20 Å². The molecule has 32 heavy (non-hydrogen) atoms. The van der Waals surface area contributed by atoms with Crippen LogP contribution in [-0.4, -0.2) is 18.7 Å². The van der Waals surface area contributed by atoms with Crippen molar-refractivity contribution in [1.82, 2.24) is 9.97 Å². The predicted octanol–water partition coefficient (Wildman–Crippen LogP) is 5.75. The zero-order chi connectivity index (χ0) is 22.2. The molecule has 1 unspecified atom stereocenters. The minimum Gasteiger partial charge on any atom is -0.772 e. The first-order valence-electron chi connectivity index (χ1n) is 9.85. The lowest BCUT2D eigenvalue weighted by Crippen LogP contribution is -1.97. The number of aromatic amines is 1. The Balaban J connectivity index is 1.58. The zero-order valence-electron chi connectivity index (χ0n) is 17.0. The molecule has 0 bridgehead atoms. The van der Waals surface area contributed by atoms with Crippen LogP contribution >= 0.6 is 11.3 Å². The Bertz CT molecular complexity index is 1530. The van der Waals surface area contributed by atoms with E-state index in [4.69, 9.17) is 0 Å². The van der Waals surface area contributed by atoms with Crippen LogP contribution in [0.5, 0.6) is 0 Å². The molecule has 0 amide bonds. The molecule has 0 saturated carbocycles. The maximum atomic E-state index is 10.9. The fraction of sp³-hybridized carbons (Fsp3) is 0.0833. The molecular weight excluding hydrogens is 440 g/mol. The third kappa shape index (κ3) is 3.67. The maximum Gasteiger partial charge on any atom is 0.126 e. The number of aryl methyl sites for hydroxylation is 1. The standard InChI is InChI=1S/C24H18N4O2S2/c1-14-18-8-9-26-21(18)7-6-20(14)28-23-17(11-25)12-27-24-19(23)10-22(31-24)16-4-2-15(3-5-16)13-32(29)30/h2-10,12,26H,13H2,1H3,(H,27,28)(H,29,30)/p-1. The van der Waals surface area contributed by atoms with Crippen LogP contribution in [-0.2, 0) is 16.8 Å². The average molecular weight is 458 g/mol. The summed E-state index contributed by atoms with van der Waals surface area (Å²) in [6.45, 7) is 2.05. The van der Waals surface area contributed by atoms with Crippen LogP contribution in [0, 0.1) is 18.3 Å². The molecule has 0 aliphatic heterocycles. The van der Waals surface area contributed by atoms with Gasteiger partial charge in [0.05, 0.1) is 11.3 Å². The van der Waals surface area contributed by atoms with Crippen molar-refractivity contribution in [3.05, 3.63) is 77.6 Å². The highest BCUT2D eigenvalue weighted by atomic mass is 32.2. The van der Waals surface area contributed by atoms with Gasteiger partial charge in [-0.3, -0.25) is 4.21 Å². The highest BCUT2D eigenvalue weighted by molar-refractivity contribution is 7.78. The number of anilines is 2. The van der Waals surface area contributed by atoms with Crippen molar-refractivity contribution >= 4 is 54.9 Å². The number of aromatic nitrogens is 2. The van der Waals surface area contributed by atoms with Gasteiger partial charge in [-0.15, -0.1) is 11.3 Å². The van der Waals surface area contributed by atoms with Crippen LogP contribution in [0.3, 0.4) is 0 Å². The first-order valence-corrected chi connectivity index (χ1v) is 11.9. The first-order chi connectivity index (χ1) is 15.5. The van der Waals surface area contributed by atoms with Crippen molar-refractivity contribution in [2.75, 3.05) is 5.32 Å². The summed E-state index contributed by atoms with van der Waals surface area (Å²) in [6, 6.07) is 17.8. The van der Waals surface area contributed by atoms with E-state index in [9.17, 15) is 14.0 Å². The average Bonchev–Trinajstić information content (AvgIpc) is 3.43. The fourth-order valence-corrected chi connectivity index (χ4v) is 5.29. The molecule has 1 atom stereocenters. The molecule has 3 aromatic heterocycles. The summed E-state index contributed by atoms with van der Waals surface area (Å²) in [4.78, 5) is 9.53. The number of benzene rings is 2. The number of H-pyrrole nitrogens is 1. The van der Waals surface area contributed by atoms with Crippen LogP contribution in [0.25, 0.3) is 31.6 Å². The van der Waals surface area contributed by atoms with E-state index in [2.05, 4.69) is 28.3 Å². The van der Waals surface area contributed by atoms with Gasteiger partial charge in [0.1, 0.15) is 10.9 Å². The summed E-state index contributed by atoms with van der Waals surface area (Å²) in [5, 5.41) is 15.2. The third-order valence-corrected chi connectivity index (χ3v) is 7.13. The molecule has 0 saturated heterocycles. The molecular formula is C24H17N4O2S2-. The highest BCUT2D eigenvalue weighted by Crippen LogP contribution is 2.39. The van der Waals surface area contributed by atoms with Gasteiger partial charge < -0.3 is 14.9 Å². The van der Waals surface area contributed by atoms with E-state index in [1.807, 2.05) is 54.7 Å². The quantitative estimate of drug-likeness (QED) is 0.327.